The molecule has 1 unspecified atom stereocenters. The molecular formula is C14H18BrNO. The fourth-order valence-electron chi connectivity index (χ4n) is 2.47. The van der Waals surface area contributed by atoms with Crippen molar-refractivity contribution in [2.24, 2.45) is 5.92 Å². The molecule has 2 rings (SSSR count). The maximum absolute atomic E-state index is 10.7. The normalized spacial score (nSPS) is 20.4. The van der Waals surface area contributed by atoms with Crippen molar-refractivity contribution in [1.29, 1.82) is 0 Å². The monoisotopic (exact) mass is 295 g/mol. The molecule has 3 heteroatoms. The Morgan fingerprint density at radius 3 is 3.00 bits per heavy atom. The predicted octanol–water partition coefficient (Wildman–Crippen LogP) is 3.89. The van der Waals surface area contributed by atoms with Crippen LogP contribution in [0.15, 0.2) is 22.7 Å². The van der Waals surface area contributed by atoms with Gasteiger partial charge in [0.1, 0.15) is 6.29 Å². The Morgan fingerprint density at radius 1 is 1.53 bits per heavy atom. The van der Waals surface area contributed by atoms with Crippen LogP contribution in [0, 0.1) is 5.92 Å². The van der Waals surface area contributed by atoms with E-state index in [1.54, 1.807) is 0 Å². The number of hydrogen-bond acceptors (Lipinski definition) is 2. The molecule has 1 heterocycles. The summed E-state index contributed by atoms with van der Waals surface area (Å²) in [6, 6.07) is 5.84. The Labute approximate surface area is 111 Å². The lowest BCUT2D eigenvalue weighted by Crippen LogP contribution is -2.35. The predicted molar refractivity (Wildman–Crippen MR) is 74.8 cm³/mol. The van der Waals surface area contributed by atoms with Gasteiger partial charge >= 0.3 is 0 Å². The van der Waals surface area contributed by atoms with E-state index in [-0.39, 0.29) is 0 Å². The van der Waals surface area contributed by atoms with Crippen LogP contribution in [0.25, 0.3) is 0 Å². The summed E-state index contributed by atoms with van der Waals surface area (Å²) in [6.45, 7) is 4.52. The summed E-state index contributed by atoms with van der Waals surface area (Å²) in [5.41, 5.74) is 1.94. The summed E-state index contributed by atoms with van der Waals surface area (Å²) >= 11 is 3.56. The van der Waals surface area contributed by atoms with Crippen LogP contribution in [0.5, 0.6) is 0 Å². The maximum Gasteiger partial charge on any atom is 0.150 e. The quantitative estimate of drug-likeness (QED) is 0.789. The molecule has 1 aromatic carbocycles. The van der Waals surface area contributed by atoms with E-state index >= 15 is 0 Å². The molecule has 1 aliphatic heterocycles. The zero-order valence-electron chi connectivity index (χ0n) is 10.2. The van der Waals surface area contributed by atoms with Crippen LogP contribution in [-0.2, 0) is 0 Å². The third-order valence-electron chi connectivity index (χ3n) is 3.54. The van der Waals surface area contributed by atoms with Gasteiger partial charge in [-0.3, -0.25) is 4.79 Å². The van der Waals surface area contributed by atoms with E-state index in [2.05, 4.69) is 27.8 Å². The molecule has 1 saturated heterocycles. The summed E-state index contributed by atoms with van der Waals surface area (Å²) in [7, 11) is 0. The first kappa shape index (κ1) is 12.6. The van der Waals surface area contributed by atoms with Gasteiger partial charge in [0.05, 0.1) is 5.69 Å². The third-order valence-corrected chi connectivity index (χ3v) is 4.18. The second-order valence-corrected chi connectivity index (χ2v) is 5.55. The SMILES string of the molecule is CCC1CCCN(c2ccc(C=O)cc2Br)C1. The minimum atomic E-state index is 0.727. The Hall–Kier alpha value is -0.830. The van der Waals surface area contributed by atoms with Gasteiger partial charge in [0.2, 0.25) is 0 Å². The molecule has 17 heavy (non-hydrogen) atoms. The van der Waals surface area contributed by atoms with Crippen molar-refractivity contribution >= 4 is 27.9 Å². The van der Waals surface area contributed by atoms with Crippen LogP contribution in [0.4, 0.5) is 5.69 Å². The summed E-state index contributed by atoms with van der Waals surface area (Å²) in [6.07, 6.45) is 4.75. The molecule has 1 atom stereocenters. The molecular weight excluding hydrogens is 278 g/mol. The minimum absolute atomic E-state index is 0.727. The van der Waals surface area contributed by atoms with Crippen LogP contribution >= 0.6 is 15.9 Å². The zero-order chi connectivity index (χ0) is 12.3. The lowest BCUT2D eigenvalue weighted by molar-refractivity contribution is 0.112. The van der Waals surface area contributed by atoms with Crippen molar-refractivity contribution in [1.82, 2.24) is 0 Å². The molecule has 0 N–H and O–H groups in total. The van der Waals surface area contributed by atoms with E-state index in [1.807, 2.05) is 18.2 Å². The van der Waals surface area contributed by atoms with E-state index < -0.39 is 0 Å². The van der Waals surface area contributed by atoms with Crippen molar-refractivity contribution in [3.63, 3.8) is 0 Å². The van der Waals surface area contributed by atoms with Crippen LogP contribution < -0.4 is 4.90 Å². The first-order valence-electron chi connectivity index (χ1n) is 6.24. The number of anilines is 1. The molecule has 1 aromatic rings. The highest BCUT2D eigenvalue weighted by atomic mass is 79.9. The smallest absolute Gasteiger partial charge is 0.150 e. The van der Waals surface area contributed by atoms with Gasteiger partial charge in [-0.25, -0.2) is 0 Å². The van der Waals surface area contributed by atoms with Gasteiger partial charge in [-0.2, -0.15) is 0 Å². The molecule has 92 valence electrons. The Morgan fingerprint density at radius 2 is 2.35 bits per heavy atom. The van der Waals surface area contributed by atoms with E-state index in [1.165, 1.54) is 24.9 Å². The summed E-state index contributed by atoms with van der Waals surface area (Å²) in [5, 5.41) is 0. The van der Waals surface area contributed by atoms with Crippen LogP contribution in [0.3, 0.4) is 0 Å². The molecule has 0 amide bonds. The van der Waals surface area contributed by atoms with Crippen LogP contribution in [0.2, 0.25) is 0 Å². The topological polar surface area (TPSA) is 20.3 Å². The Balaban J connectivity index is 2.18. The van der Waals surface area contributed by atoms with Crippen molar-refractivity contribution < 1.29 is 4.79 Å². The number of halogens is 1. The molecule has 0 spiro atoms. The van der Waals surface area contributed by atoms with Gasteiger partial charge < -0.3 is 4.90 Å². The average molecular weight is 296 g/mol. The molecule has 0 radical (unpaired) electrons. The number of carbonyl (C=O) groups is 1. The number of piperidine rings is 1. The van der Waals surface area contributed by atoms with Gasteiger partial charge in [-0.15, -0.1) is 0 Å². The van der Waals surface area contributed by atoms with E-state index in [0.29, 0.717) is 0 Å². The van der Waals surface area contributed by atoms with E-state index in [0.717, 1.165) is 35.3 Å². The van der Waals surface area contributed by atoms with Crippen LogP contribution in [0.1, 0.15) is 36.5 Å². The molecule has 1 fully saturated rings. The minimum Gasteiger partial charge on any atom is -0.370 e. The lowest BCUT2D eigenvalue weighted by atomic mass is 9.95. The van der Waals surface area contributed by atoms with Gasteiger partial charge in [-0.05, 0) is 52.9 Å². The highest BCUT2D eigenvalue weighted by Crippen LogP contribution is 2.31. The number of benzene rings is 1. The van der Waals surface area contributed by atoms with Crippen molar-refractivity contribution in [3.05, 3.63) is 28.2 Å². The molecule has 1 aliphatic rings. The largest absolute Gasteiger partial charge is 0.370 e. The molecule has 0 aromatic heterocycles. The highest BCUT2D eigenvalue weighted by Gasteiger charge is 2.20. The number of rotatable bonds is 3. The first-order valence-corrected chi connectivity index (χ1v) is 7.03. The zero-order valence-corrected chi connectivity index (χ0v) is 11.7. The Bertz CT molecular complexity index is 405. The average Bonchev–Trinajstić information content (AvgIpc) is 2.38. The molecule has 0 saturated carbocycles. The molecule has 0 aliphatic carbocycles. The summed E-state index contributed by atoms with van der Waals surface area (Å²) < 4.78 is 1.03. The van der Waals surface area contributed by atoms with Gasteiger partial charge in [0.15, 0.2) is 0 Å². The number of nitrogens with zero attached hydrogens (tertiary/aromatic N) is 1. The van der Waals surface area contributed by atoms with E-state index in [4.69, 9.17) is 0 Å². The Kier molecular flexibility index (Phi) is 4.21. The van der Waals surface area contributed by atoms with Gasteiger partial charge in [0, 0.05) is 23.1 Å². The summed E-state index contributed by atoms with van der Waals surface area (Å²) in [4.78, 5) is 13.1. The first-order chi connectivity index (χ1) is 8.24. The number of aldehydes is 1. The standard InChI is InChI=1S/C14H18BrNO/c1-2-11-4-3-7-16(9-11)14-6-5-12(10-17)8-13(14)15/h5-6,8,10-11H,2-4,7,9H2,1H3. The van der Waals surface area contributed by atoms with E-state index in [9.17, 15) is 4.79 Å². The second kappa shape index (κ2) is 5.67. The maximum atomic E-state index is 10.7. The van der Waals surface area contributed by atoms with Crippen molar-refractivity contribution in [2.75, 3.05) is 18.0 Å². The lowest BCUT2D eigenvalue weighted by Gasteiger charge is -2.34. The highest BCUT2D eigenvalue weighted by molar-refractivity contribution is 9.10. The van der Waals surface area contributed by atoms with Crippen molar-refractivity contribution in [2.45, 2.75) is 26.2 Å². The molecule has 2 nitrogen and oxygen atoms in total. The van der Waals surface area contributed by atoms with Gasteiger partial charge in [0.25, 0.3) is 0 Å². The number of hydrogen-bond donors (Lipinski definition) is 0. The molecule has 0 bridgehead atoms. The van der Waals surface area contributed by atoms with Crippen molar-refractivity contribution in [3.8, 4) is 0 Å². The second-order valence-electron chi connectivity index (χ2n) is 4.69. The summed E-state index contributed by atoms with van der Waals surface area (Å²) in [5.74, 6) is 0.807. The van der Waals surface area contributed by atoms with Crippen LogP contribution in [-0.4, -0.2) is 19.4 Å². The third kappa shape index (κ3) is 2.89. The fraction of sp³-hybridized carbons (Fsp3) is 0.500. The van der Waals surface area contributed by atoms with Gasteiger partial charge in [-0.1, -0.05) is 13.3 Å². The fourth-order valence-corrected chi connectivity index (χ4v) is 3.12. The number of carbonyl (C=O) groups excluding carboxylic acids is 1.